The summed E-state index contributed by atoms with van der Waals surface area (Å²) in [7, 11) is -2.53. The van der Waals surface area contributed by atoms with Gasteiger partial charge in [-0.3, -0.25) is 14.4 Å². The van der Waals surface area contributed by atoms with E-state index in [0.717, 1.165) is 0 Å². The number of hydrogen-bond donors (Lipinski definition) is 1. The first-order valence-electron chi connectivity index (χ1n) is 10.1. The van der Waals surface area contributed by atoms with Gasteiger partial charge in [-0.05, 0) is 30.2 Å². The van der Waals surface area contributed by atoms with Gasteiger partial charge in [-0.15, -0.1) is 0 Å². The van der Waals surface area contributed by atoms with E-state index in [1.165, 1.54) is 24.1 Å². The first-order chi connectivity index (χ1) is 15.2. The third-order valence-electron chi connectivity index (χ3n) is 5.37. The van der Waals surface area contributed by atoms with E-state index in [1.807, 2.05) is 0 Å². The lowest BCUT2D eigenvalue weighted by Gasteiger charge is -2.31. The van der Waals surface area contributed by atoms with Gasteiger partial charge < -0.3 is 10.2 Å². The molecule has 1 atom stereocenters. The fourth-order valence-corrected chi connectivity index (χ4v) is 5.45. The van der Waals surface area contributed by atoms with Gasteiger partial charge in [0.25, 0.3) is 15.9 Å². The van der Waals surface area contributed by atoms with Gasteiger partial charge >= 0.3 is 0 Å². The number of halogens is 1. The quantitative estimate of drug-likeness (QED) is 0.628. The molecule has 2 aromatic rings. The minimum atomic E-state index is -4.02. The highest BCUT2D eigenvalue weighted by molar-refractivity contribution is 7.90. The molecule has 32 heavy (non-hydrogen) atoms. The molecule has 10 heteroatoms. The van der Waals surface area contributed by atoms with Crippen molar-refractivity contribution in [3.05, 3.63) is 64.7 Å². The van der Waals surface area contributed by atoms with Crippen LogP contribution < -0.4 is 5.32 Å². The maximum absolute atomic E-state index is 13.2. The Morgan fingerprint density at radius 1 is 1.12 bits per heavy atom. The van der Waals surface area contributed by atoms with Crippen molar-refractivity contribution < 1.29 is 22.8 Å². The number of nitrogens with one attached hydrogen (secondary N) is 1. The van der Waals surface area contributed by atoms with Crippen molar-refractivity contribution >= 4 is 39.3 Å². The van der Waals surface area contributed by atoms with Crippen LogP contribution in [0.3, 0.4) is 0 Å². The highest BCUT2D eigenvalue weighted by atomic mass is 35.5. The highest BCUT2D eigenvalue weighted by Crippen LogP contribution is 2.30. The first kappa shape index (κ1) is 23.7. The number of rotatable bonds is 8. The van der Waals surface area contributed by atoms with E-state index in [2.05, 4.69) is 5.32 Å². The molecule has 2 aromatic carbocycles. The number of hydrogen-bond acceptors (Lipinski definition) is 5. The van der Waals surface area contributed by atoms with E-state index in [1.54, 1.807) is 43.3 Å². The Morgan fingerprint density at radius 2 is 1.78 bits per heavy atom. The molecule has 170 valence electrons. The Bertz CT molecular complexity index is 1150. The summed E-state index contributed by atoms with van der Waals surface area (Å²) < 4.78 is 26.2. The number of amides is 3. The lowest BCUT2D eigenvalue weighted by molar-refractivity contribution is -0.141. The number of carbonyl (C=O) groups is 3. The molecule has 3 amide bonds. The minimum absolute atomic E-state index is 0.0674. The number of benzene rings is 2. The molecular weight excluding hydrogens is 454 g/mol. The predicted molar refractivity (Wildman–Crippen MR) is 119 cm³/mol. The second-order valence-electron chi connectivity index (χ2n) is 7.28. The third-order valence-corrected chi connectivity index (χ3v) is 7.58. The lowest BCUT2D eigenvalue weighted by Crippen LogP contribution is -2.49. The zero-order valence-corrected chi connectivity index (χ0v) is 19.3. The summed E-state index contributed by atoms with van der Waals surface area (Å²) in [5.41, 5.74) is 0.742. The SMILES string of the molecule is CCC(C(=O)NC)N(Cc1ccccc1Cl)C(=O)CCN1C(=O)c2ccccc2S1(=O)=O. The standard InChI is InChI=1S/C22H24ClN3O5S/c1-3-18(21(28)24-2)25(14-15-8-4-6-10-17(15)23)20(27)12-13-26-22(29)16-9-5-7-11-19(16)32(26,30)31/h4-11,18H,3,12-14H2,1-2H3,(H,24,28). The largest absolute Gasteiger partial charge is 0.357 e. The van der Waals surface area contributed by atoms with Crippen molar-refractivity contribution in [2.24, 2.45) is 0 Å². The smallest absolute Gasteiger partial charge is 0.269 e. The maximum Gasteiger partial charge on any atom is 0.269 e. The van der Waals surface area contributed by atoms with Crippen molar-refractivity contribution in [2.75, 3.05) is 13.6 Å². The number of nitrogens with zero attached hydrogens (tertiary/aromatic N) is 2. The molecule has 0 saturated heterocycles. The summed E-state index contributed by atoms with van der Waals surface area (Å²) in [4.78, 5) is 39.6. The Balaban J connectivity index is 1.83. The van der Waals surface area contributed by atoms with Crippen LogP contribution in [-0.2, 0) is 26.2 Å². The fourth-order valence-electron chi connectivity index (χ4n) is 3.69. The normalized spacial score (nSPS) is 15.2. The van der Waals surface area contributed by atoms with Crippen LogP contribution in [0.15, 0.2) is 53.4 Å². The minimum Gasteiger partial charge on any atom is -0.357 e. The van der Waals surface area contributed by atoms with Crippen LogP contribution in [0.4, 0.5) is 0 Å². The summed E-state index contributed by atoms with van der Waals surface area (Å²) in [6, 6.07) is 12.1. The van der Waals surface area contributed by atoms with Gasteiger partial charge in [0.15, 0.2) is 0 Å². The second-order valence-corrected chi connectivity index (χ2v) is 9.52. The van der Waals surface area contributed by atoms with Crippen molar-refractivity contribution in [3.8, 4) is 0 Å². The van der Waals surface area contributed by atoms with E-state index in [-0.39, 0.29) is 35.9 Å². The highest BCUT2D eigenvalue weighted by Gasteiger charge is 2.41. The number of fused-ring (bicyclic) bond motifs is 1. The van der Waals surface area contributed by atoms with E-state index >= 15 is 0 Å². The summed E-state index contributed by atoms with van der Waals surface area (Å²) in [5, 5.41) is 3.00. The molecule has 1 N–H and O–H groups in total. The molecule has 3 rings (SSSR count). The van der Waals surface area contributed by atoms with Crippen molar-refractivity contribution in [3.63, 3.8) is 0 Å². The first-order valence-corrected chi connectivity index (χ1v) is 11.9. The lowest BCUT2D eigenvalue weighted by atomic mass is 10.1. The van der Waals surface area contributed by atoms with Crippen LogP contribution in [-0.4, -0.2) is 55.0 Å². The van der Waals surface area contributed by atoms with E-state index < -0.39 is 27.9 Å². The summed E-state index contributed by atoms with van der Waals surface area (Å²) in [5.74, 6) is -1.46. The van der Waals surface area contributed by atoms with Gasteiger partial charge in [-0.25, -0.2) is 12.7 Å². The zero-order chi connectivity index (χ0) is 23.5. The maximum atomic E-state index is 13.2. The van der Waals surface area contributed by atoms with Crippen LogP contribution in [0.1, 0.15) is 35.7 Å². The van der Waals surface area contributed by atoms with Crippen LogP contribution in [0.25, 0.3) is 0 Å². The van der Waals surface area contributed by atoms with Crippen LogP contribution >= 0.6 is 11.6 Å². The molecule has 0 aliphatic carbocycles. The molecule has 0 bridgehead atoms. The molecular formula is C22H24ClN3O5S. The number of sulfonamides is 1. The van der Waals surface area contributed by atoms with Crippen molar-refractivity contribution in [1.29, 1.82) is 0 Å². The molecule has 0 fully saturated rings. The molecule has 1 unspecified atom stereocenters. The fraction of sp³-hybridized carbons (Fsp3) is 0.318. The molecule has 0 spiro atoms. The van der Waals surface area contributed by atoms with E-state index in [0.29, 0.717) is 21.3 Å². The molecule has 1 aliphatic heterocycles. The summed E-state index contributed by atoms with van der Waals surface area (Å²) in [6.45, 7) is 1.53. The van der Waals surface area contributed by atoms with Crippen LogP contribution in [0.5, 0.6) is 0 Å². The van der Waals surface area contributed by atoms with Gasteiger partial charge in [-0.1, -0.05) is 48.9 Å². The molecule has 0 saturated carbocycles. The topological polar surface area (TPSA) is 104 Å². The Hall–Kier alpha value is -2.91. The molecule has 0 radical (unpaired) electrons. The van der Waals surface area contributed by atoms with Gasteiger partial charge in [-0.2, -0.15) is 0 Å². The zero-order valence-electron chi connectivity index (χ0n) is 17.7. The summed E-state index contributed by atoms with van der Waals surface area (Å²) >= 11 is 6.25. The monoisotopic (exact) mass is 477 g/mol. The number of carbonyl (C=O) groups excluding carboxylic acids is 3. The van der Waals surface area contributed by atoms with Gasteiger partial charge in [0.1, 0.15) is 10.9 Å². The average molecular weight is 478 g/mol. The van der Waals surface area contributed by atoms with Crippen molar-refractivity contribution in [2.45, 2.75) is 37.2 Å². The number of likely N-dealkylation sites (N-methyl/N-ethyl adjacent to an activating group) is 1. The average Bonchev–Trinajstić information content (AvgIpc) is 2.98. The van der Waals surface area contributed by atoms with E-state index in [4.69, 9.17) is 11.6 Å². The Morgan fingerprint density at radius 3 is 2.41 bits per heavy atom. The molecule has 1 aliphatic rings. The summed E-state index contributed by atoms with van der Waals surface area (Å²) in [6.07, 6.45) is 0.0825. The third kappa shape index (κ3) is 4.49. The Kier molecular flexibility index (Phi) is 7.20. The van der Waals surface area contributed by atoms with Crippen LogP contribution in [0, 0.1) is 0 Å². The van der Waals surface area contributed by atoms with Crippen LogP contribution in [0.2, 0.25) is 5.02 Å². The van der Waals surface area contributed by atoms with E-state index in [9.17, 15) is 22.8 Å². The van der Waals surface area contributed by atoms with Gasteiger partial charge in [0.05, 0.1) is 5.56 Å². The molecule has 8 nitrogen and oxygen atoms in total. The Labute approximate surface area is 192 Å². The van der Waals surface area contributed by atoms with Gasteiger partial charge in [0, 0.05) is 31.6 Å². The molecule has 0 aromatic heterocycles. The second kappa shape index (κ2) is 9.70. The van der Waals surface area contributed by atoms with Gasteiger partial charge in [0.2, 0.25) is 11.8 Å². The molecule has 1 heterocycles. The predicted octanol–water partition coefficient (Wildman–Crippen LogP) is 2.43. The van der Waals surface area contributed by atoms with Crippen molar-refractivity contribution in [1.82, 2.24) is 14.5 Å².